The number of hydrogen-bond donors (Lipinski definition) is 1. The Bertz CT molecular complexity index is 878. The molecule has 24 heavy (non-hydrogen) atoms. The number of rotatable bonds is 6. The van der Waals surface area contributed by atoms with Gasteiger partial charge < -0.3 is 10.3 Å². The van der Waals surface area contributed by atoms with Gasteiger partial charge in [-0.25, -0.2) is 4.98 Å². The Kier molecular flexibility index (Phi) is 4.80. The average molecular weight is 342 g/mol. The molecule has 0 bridgehead atoms. The Labute approximate surface area is 143 Å². The molecule has 6 nitrogen and oxygen atoms in total. The molecule has 0 spiro atoms. The van der Waals surface area contributed by atoms with Crippen LogP contribution in [0.5, 0.6) is 0 Å². The summed E-state index contributed by atoms with van der Waals surface area (Å²) in [7, 11) is 0. The van der Waals surface area contributed by atoms with E-state index in [1.807, 2.05) is 31.2 Å². The first-order valence-electron chi connectivity index (χ1n) is 7.77. The molecule has 2 aromatic heterocycles. The first kappa shape index (κ1) is 16.4. The van der Waals surface area contributed by atoms with Crippen molar-refractivity contribution in [3.05, 3.63) is 47.6 Å². The Morgan fingerprint density at radius 3 is 2.88 bits per heavy atom. The Morgan fingerprint density at radius 2 is 2.12 bits per heavy atom. The van der Waals surface area contributed by atoms with Crippen LogP contribution in [0.3, 0.4) is 0 Å². The van der Waals surface area contributed by atoms with E-state index in [2.05, 4.69) is 22.0 Å². The summed E-state index contributed by atoms with van der Waals surface area (Å²) in [6, 6.07) is 9.17. The molecule has 0 aliphatic heterocycles. The molecule has 1 aromatic carbocycles. The molecule has 0 saturated carbocycles. The maximum absolute atomic E-state index is 11.7. The molecule has 0 fully saturated rings. The van der Waals surface area contributed by atoms with E-state index in [-0.39, 0.29) is 5.25 Å². The maximum atomic E-state index is 11.7. The number of nitrogens with zero attached hydrogens (tertiary/aromatic N) is 3. The predicted molar refractivity (Wildman–Crippen MR) is 92.8 cm³/mol. The average Bonchev–Trinajstić information content (AvgIpc) is 3.03. The van der Waals surface area contributed by atoms with Crippen LogP contribution in [0.15, 0.2) is 39.9 Å². The number of nitrogens with two attached hydrogens (primary N) is 1. The molecule has 0 radical (unpaired) electrons. The van der Waals surface area contributed by atoms with Gasteiger partial charge in [0.05, 0.1) is 21.4 Å². The highest BCUT2D eigenvalue weighted by Gasteiger charge is 2.18. The van der Waals surface area contributed by atoms with Crippen molar-refractivity contribution in [2.24, 2.45) is 5.73 Å². The van der Waals surface area contributed by atoms with Crippen LogP contribution in [0.2, 0.25) is 0 Å². The van der Waals surface area contributed by atoms with Gasteiger partial charge in [-0.15, -0.1) is 0 Å². The van der Waals surface area contributed by atoms with Gasteiger partial charge in [-0.1, -0.05) is 42.0 Å². The van der Waals surface area contributed by atoms with Gasteiger partial charge in [-0.3, -0.25) is 4.79 Å². The summed E-state index contributed by atoms with van der Waals surface area (Å²) in [5.41, 5.74) is 6.71. The standard InChI is InChI=1S/C17H18N4O2S/c1-3-6-14-20-17(23-21-14)10(2)24-15-9-12(16(18)22)11-7-4-5-8-13(11)19-15/h4-5,7-10H,3,6H2,1-2H3,(H2,18,22). The van der Waals surface area contributed by atoms with Crippen molar-refractivity contribution < 1.29 is 9.32 Å². The molecule has 3 aromatic rings. The third-order valence-corrected chi connectivity index (χ3v) is 4.57. The smallest absolute Gasteiger partial charge is 0.249 e. The fraction of sp³-hybridized carbons (Fsp3) is 0.294. The largest absolute Gasteiger partial charge is 0.366 e. The number of amides is 1. The lowest BCUT2D eigenvalue weighted by molar-refractivity contribution is 0.100. The lowest BCUT2D eigenvalue weighted by Gasteiger charge is -2.09. The maximum Gasteiger partial charge on any atom is 0.249 e. The molecule has 124 valence electrons. The van der Waals surface area contributed by atoms with Crippen LogP contribution in [0.1, 0.15) is 47.6 Å². The second-order valence-corrected chi connectivity index (χ2v) is 6.81. The number of aryl methyl sites for hydroxylation is 1. The summed E-state index contributed by atoms with van der Waals surface area (Å²) in [5.74, 6) is 0.800. The minimum Gasteiger partial charge on any atom is -0.366 e. The van der Waals surface area contributed by atoms with Crippen LogP contribution in [0.25, 0.3) is 10.9 Å². The Balaban J connectivity index is 1.90. The van der Waals surface area contributed by atoms with Crippen molar-refractivity contribution in [2.45, 2.75) is 37.0 Å². The minimum atomic E-state index is -0.467. The van der Waals surface area contributed by atoms with Gasteiger partial charge in [0.2, 0.25) is 11.8 Å². The SMILES string of the molecule is CCCc1noc(C(C)Sc2cc(C(N)=O)c3ccccc3n2)n1. The molecule has 0 saturated heterocycles. The van der Waals surface area contributed by atoms with Crippen molar-refractivity contribution >= 4 is 28.6 Å². The molecule has 0 aliphatic carbocycles. The monoisotopic (exact) mass is 342 g/mol. The number of hydrogen-bond acceptors (Lipinski definition) is 6. The molecular weight excluding hydrogens is 324 g/mol. The van der Waals surface area contributed by atoms with Gasteiger partial charge >= 0.3 is 0 Å². The highest BCUT2D eigenvalue weighted by Crippen LogP contribution is 2.34. The van der Waals surface area contributed by atoms with Crippen LogP contribution in [0.4, 0.5) is 0 Å². The van der Waals surface area contributed by atoms with Gasteiger partial charge in [-0.2, -0.15) is 4.98 Å². The van der Waals surface area contributed by atoms with Crippen LogP contribution in [0, 0.1) is 0 Å². The third-order valence-electron chi connectivity index (χ3n) is 3.56. The molecule has 3 rings (SSSR count). The zero-order chi connectivity index (χ0) is 17.1. The number of pyridine rings is 1. The summed E-state index contributed by atoms with van der Waals surface area (Å²) in [6.07, 6.45) is 1.76. The summed E-state index contributed by atoms with van der Waals surface area (Å²) >= 11 is 1.46. The van der Waals surface area contributed by atoms with Crippen molar-refractivity contribution in [1.82, 2.24) is 15.1 Å². The minimum absolute atomic E-state index is 0.0718. The lowest BCUT2D eigenvalue weighted by atomic mass is 10.1. The molecule has 7 heteroatoms. The number of primary amides is 1. The molecule has 1 amide bonds. The lowest BCUT2D eigenvalue weighted by Crippen LogP contribution is -2.12. The first-order valence-corrected chi connectivity index (χ1v) is 8.65. The third kappa shape index (κ3) is 3.41. The Morgan fingerprint density at radius 1 is 1.33 bits per heavy atom. The zero-order valence-electron chi connectivity index (χ0n) is 13.5. The molecule has 1 atom stereocenters. The molecule has 0 aliphatic rings. The second-order valence-electron chi connectivity index (χ2n) is 5.45. The van der Waals surface area contributed by atoms with E-state index in [0.717, 1.165) is 23.7 Å². The van der Waals surface area contributed by atoms with Crippen molar-refractivity contribution in [3.8, 4) is 0 Å². The van der Waals surface area contributed by atoms with E-state index in [0.29, 0.717) is 22.3 Å². The van der Waals surface area contributed by atoms with Gasteiger partial charge in [0.1, 0.15) is 0 Å². The normalized spacial score (nSPS) is 12.4. The van der Waals surface area contributed by atoms with Crippen LogP contribution >= 0.6 is 11.8 Å². The summed E-state index contributed by atoms with van der Waals surface area (Å²) < 4.78 is 5.32. The number of benzene rings is 1. The molecular formula is C17H18N4O2S. The van der Waals surface area contributed by atoms with Crippen LogP contribution < -0.4 is 5.73 Å². The highest BCUT2D eigenvalue weighted by molar-refractivity contribution is 7.99. The van der Waals surface area contributed by atoms with E-state index >= 15 is 0 Å². The van der Waals surface area contributed by atoms with E-state index in [9.17, 15) is 4.79 Å². The summed E-state index contributed by atoms with van der Waals surface area (Å²) in [5, 5.41) is 5.35. The predicted octanol–water partition coefficient (Wildman–Crippen LogP) is 3.52. The van der Waals surface area contributed by atoms with Crippen molar-refractivity contribution in [1.29, 1.82) is 0 Å². The van der Waals surface area contributed by atoms with E-state index in [1.165, 1.54) is 11.8 Å². The topological polar surface area (TPSA) is 94.9 Å². The van der Waals surface area contributed by atoms with Crippen molar-refractivity contribution in [3.63, 3.8) is 0 Å². The summed E-state index contributed by atoms with van der Waals surface area (Å²) in [6.45, 7) is 4.04. The zero-order valence-corrected chi connectivity index (χ0v) is 14.3. The fourth-order valence-corrected chi connectivity index (χ4v) is 3.30. The first-order chi connectivity index (χ1) is 11.6. The van der Waals surface area contributed by atoms with Gasteiger partial charge in [-0.05, 0) is 25.5 Å². The van der Waals surface area contributed by atoms with Gasteiger partial charge in [0.25, 0.3) is 0 Å². The van der Waals surface area contributed by atoms with Crippen molar-refractivity contribution in [2.75, 3.05) is 0 Å². The molecule has 1 unspecified atom stereocenters. The van der Waals surface area contributed by atoms with Gasteiger partial charge in [0.15, 0.2) is 5.82 Å². The molecule has 2 N–H and O–H groups in total. The van der Waals surface area contributed by atoms with Crippen LogP contribution in [-0.2, 0) is 6.42 Å². The number of carbonyl (C=O) groups excluding carboxylic acids is 1. The number of fused-ring (bicyclic) bond motifs is 1. The molecule has 2 heterocycles. The number of carbonyl (C=O) groups is 1. The number of thioether (sulfide) groups is 1. The van der Waals surface area contributed by atoms with E-state index in [4.69, 9.17) is 10.3 Å². The van der Waals surface area contributed by atoms with E-state index in [1.54, 1.807) is 6.07 Å². The van der Waals surface area contributed by atoms with Gasteiger partial charge in [0, 0.05) is 11.8 Å². The highest BCUT2D eigenvalue weighted by atomic mass is 32.2. The number of para-hydroxylation sites is 1. The Hall–Kier alpha value is -2.41. The van der Waals surface area contributed by atoms with Crippen LogP contribution in [-0.4, -0.2) is 21.0 Å². The fourth-order valence-electron chi connectivity index (χ4n) is 2.40. The number of aromatic nitrogens is 3. The quantitative estimate of drug-likeness (QED) is 0.689. The van der Waals surface area contributed by atoms with E-state index < -0.39 is 5.91 Å². The summed E-state index contributed by atoms with van der Waals surface area (Å²) in [4.78, 5) is 20.7. The second kappa shape index (κ2) is 7.00.